The Kier molecular flexibility index (Phi) is 6.72. The fourth-order valence-electron chi connectivity index (χ4n) is 6.36. The molecular formula is C29H34N6O4. The van der Waals surface area contributed by atoms with Gasteiger partial charge in [-0.25, -0.2) is 0 Å². The Morgan fingerprint density at radius 3 is 2.21 bits per heavy atom. The van der Waals surface area contributed by atoms with Crippen molar-refractivity contribution >= 4 is 40.7 Å². The summed E-state index contributed by atoms with van der Waals surface area (Å²) in [5.74, 6) is -1.22. The number of benzene rings is 2. The predicted molar refractivity (Wildman–Crippen MR) is 148 cm³/mol. The van der Waals surface area contributed by atoms with Crippen LogP contribution in [0.1, 0.15) is 46.4 Å². The van der Waals surface area contributed by atoms with E-state index in [1.165, 1.54) is 5.69 Å². The van der Waals surface area contributed by atoms with Crippen LogP contribution < -0.4 is 20.9 Å². The molecular weight excluding hydrogens is 496 g/mol. The molecule has 0 aromatic heterocycles. The van der Waals surface area contributed by atoms with E-state index in [9.17, 15) is 19.2 Å². The molecule has 4 heterocycles. The van der Waals surface area contributed by atoms with Gasteiger partial charge in [0.1, 0.15) is 6.04 Å². The number of nitrogens with two attached hydrogens (primary N) is 1. The van der Waals surface area contributed by atoms with Gasteiger partial charge < -0.3 is 15.5 Å². The molecule has 3 N–H and O–H groups in total. The van der Waals surface area contributed by atoms with E-state index in [2.05, 4.69) is 32.1 Å². The van der Waals surface area contributed by atoms with Gasteiger partial charge >= 0.3 is 0 Å². The van der Waals surface area contributed by atoms with Crippen molar-refractivity contribution < 1.29 is 19.2 Å². The molecule has 0 radical (unpaired) electrons. The molecule has 4 aliphatic rings. The molecule has 2 aromatic rings. The van der Waals surface area contributed by atoms with E-state index in [0.29, 0.717) is 17.0 Å². The van der Waals surface area contributed by atoms with Crippen molar-refractivity contribution in [2.45, 2.75) is 31.7 Å². The minimum absolute atomic E-state index is 0.110. The average Bonchev–Trinajstić information content (AvgIpc) is 3.20. The minimum atomic E-state index is -0.953. The molecule has 3 saturated heterocycles. The topological polar surface area (TPSA) is 119 Å². The van der Waals surface area contributed by atoms with Crippen LogP contribution in [-0.2, 0) is 9.59 Å². The highest BCUT2D eigenvalue weighted by Gasteiger charge is 2.46. The molecule has 0 saturated carbocycles. The van der Waals surface area contributed by atoms with Crippen molar-refractivity contribution in [2.75, 3.05) is 61.3 Å². The maximum atomic E-state index is 13.5. The molecule has 1 unspecified atom stereocenters. The average molecular weight is 531 g/mol. The molecule has 0 bridgehead atoms. The summed E-state index contributed by atoms with van der Waals surface area (Å²) in [7, 11) is 0. The highest BCUT2D eigenvalue weighted by Crippen LogP contribution is 2.35. The van der Waals surface area contributed by atoms with Gasteiger partial charge in [-0.2, -0.15) is 0 Å². The van der Waals surface area contributed by atoms with E-state index in [-0.39, 0.29) is 18.7 Å². The maximum Gasteiger partial charge on any atom is 0.264 e. The molecule has 1 atom stereocenters. The van der Waals surface area contributed by atoms with Crippen molar-refractivity contribution in [1.82, 2.24) is 15.1 Å². The first kappa shape index (κ1) is 25.4. The van der Waals surface area contributed by atoms with E-state index in [0.717, 1.165) is 74.9 Å². The summed E-state index contributed by atoms with van der Waals surface area (Å²) in [6.45, 7) is 6.47. The van der Waals surface area contributed by atoms with Crippen LogP contribution in [0.3, 0.4) is 0 Å². The van der Waals surface area contributed by atoms with Crippen LogP contribution in [0.4, 0.5) is 17.1 Å². The lowest BCUT2D eigenvalue weighted by atomic mass is 9.95. The molecule has 0 spiro atoms. The van der Waals surface area contributed by atoms with Crippen molar-refractivity contribution in [3.05, 3.63) is 53.6 Å². The van der Waals surface area contributed by atoms with Crippen LogP contribution in [0.5, 0.6) is 0 Å². The van der Waals surface area contributed by atoms with E-state index < -0.39 is 23.8 Å². The molecule has 10 heteroatoms. The number of nitrogen functional groups attached to an aromatic ring is 1. The number of hydrogen-bond acceptors (Lipinski definition) is 8. The number of carbonyl (C=O) groups excluding carboxylic acids is 4. The fraction of sp³-hybridized carbons (Fsp3) is 0.448. The molecule has 3 fully saturated rings. The smallest absolute Gasteiger partial charge is 0.264 e. The highest BCUT2D eigenvalue weighted by atomic mass is 16.2. The second-order valence-corrected chi connectivity index (χ2v) is 11.0. The van der Waals surface area contributed by atoms with Gasteiger partial charge in [-0.3, -0.25) is 34.3 Å². The van der Waals surface area contributed by atoms with Crippen molar-refractivity contribution in [1.29, 1.82) is 0 Å². The minimum Gasteiger partial charge on any atom is -0.399 e. The van der Waals surface area contributed by atoms with Crippen molar-refractivity contribution in [3.63, 3.8) is 0 Å². The number of nitrogens with zero attached hydrogens (tertiary/aromatic N) is 4. The van der Waals surface area contributed by atoms with Gasteiger partial charge in [0.05, 0.1) is 16.8 Å². The van der Waals surface area contributed by atoms with Crippen LogP contribution in [0.15, 0.2) is 42.5 Å². The van der Waals surface area contributed by atoms with Crippen LogP contribution in [-0.4, -0.2) is 85.3 Å². The van der Waals surface area contributed by atoms with E-state index in [1.807, 2.05) is 18.2 Å². The Balaban J connectivity index is 1.06. The van der Waals surface area contributed by atoms with Gasteiger partial charge in [0.15, 0.2) is 0 Å². The second-order valence-electron chi connectivity index (χ2n) is 11.0. The Morgan fingerprint density at radius 1 is 0.795 bits per heavy atom. The first-order valence-corrected chi connectivity index (χ1v) is 13.8. The van der Waals surface area contributed by atoms with Gasteiger partial charge in [0, 0.05) is 63.6 Å². The molecule has 4 aliphatic heterocycles. The number of fused-ring (bicyclic) bond motifs is 1. The van der Waals surface area contributed by atoms with Gasteiger partial charge in [-0.05, 0) is 61.6 Å². The van der Waals surface area contributed by atoms with Gasteiger partial charge in [-0.1, -0.05) is 6.07 Å². The highest BCUT2D eigenvalue weighted by molar-refractivity contribution is 6.25. The number of amides is 4. The van der Waals surface area contributed by atoms with Gasteiger partial charge in [0.2, 0.25) is 11.8 Å². The maximum absolute atomic E-state index is 13.5. The zero-order valence-electron chi connectivity index (χ0n) is 22.0. The standard InChI is InChI=1S/C29H34N6O4/c30-20-4-6-21(7-5-20)33-12-10-19(11-13-33)18-32-14-16-34(17-15-32)23-3-1-2-22-26(23)29(39)35(28(22)38)24-8-9-25(36)31-27(24)37/h1-7,19,24H,8-18,30H2,(H,31,36,37). The normalized spacial score (nSPS) is 22.9. The SMILES string of the molecule is Nc1ccc(N2CCC(CN3CCN(c4cccc5c4C(=O)N(C4CCC(=O)NC4=O)C5=O)CC3)CC2)cc1. The largest absolute Gasteiger partial charge is 0.399 e. The lowest BCUT2D eigenvalue weighted by molar-refractivity contribution is -0.136. The molecule has 10 nitrogen and oxygen atoms in total. The third kappa shape index (κ3) is 4.85. The number of imide groups is 2. The van der Waals surface area contributed by atoms with Crippen LogP contribution >= 0.6 is 0 Å². The van der Waals surface area contributed by atoms with Crippen LogP contribution in [0.2, 0.25) is 0 Å². The number of nitrogens with one attached hydrogen (secondary N) is 1. The zero-order valence-corrected chi connectivity index (χ0v) is 22.0. The molecule has 39 heavy (non-hydrogen) atoms. The third-order valence-corrected chi connectivity index (χ3v) is 8.55. The van der Waals surface area contributed by atoms with Gasteiger partial charge in [0.25, 0.3) is 11.8 Å². The van der Waals surface area contributed by atoms with Crippen molar-refractivity contribution in [2.24, 2.45) is 5.92 Å². The van der Waals surface area contributed by atoms with Gasteiger partial charge in [-0.15, -0.1) is 0 Å². The Morgan fingerprint density at radius 2 is 1.51 bits per heavy atom. The zero-order chi connectivity index (χ0) is 27.1. The Hall–Kier alpha value is -3.92. The van der Waals surface area contributed by atoms with Crippen LogP contribution in [0, 0.1) is 5.92 Å². The summed E-state index contributed by atoms with van der Waals surface area (Å²) in [6.07, 6.45) is 2.58. The van der Waals surface area contributed by atoms with Crippen LogP contribution in [0.25, 0.3) is 0 Å². The summed E-state index contributed by atoms with van der Waals surface area (Å²) >= 11 is 0. The Bertz CT molecular complexity index is 1300. The summed E-state index contributed by atoms with van der Waals surface area (Å²) in [4.78, 5) is 58.8. The number of anilines is 3. The number of rotatable bonds is 5. The summed E-state index contributed by atoms with van der Waals surface area (Å²) < 4.78 is 0. The number of carbonyl (C=O) groups is 4. The fourth-order valence-corrected chi connectivity index (χ4v) is 6.36. The Labute approximate surface area is 227 Å². The molecule has 6 rings (SSSR count). The van der Waals surface area contributed by atoms with Crippen molar-refractivity contribution in [3.8, 4) is 0 Å². The van der Waals surface area contributed by atoms with E-state index >= 15 is 0 Å². The molecule has 4 amide bonds. The molecule has 2 aromatic carbocycles. The third-order valence-electron chi connectivity index (χ3n) is 8.55. The first-order chi connectivity index (χ1) is 18.9. The summed E-state index contributed by atoms with van der Waals surface area (Å²) in [5.41, 5.74) is 9.30. The molecule has 0 aliphatic carbocycles. The predicted octanol–water partition coefficient (Wildman–Crippen LogP) is 1.71. The van der Waals surface area contributed by atoms with E-state index in [4.69, 9.17) is 5.73 Å². The number of piperidine rings is 2. The number of piperazine rings is 1. The quantitative estimate of drug-likeness (QED) is 0.443. The summed E-state index contributed by atoms with van der Waals surface area (Å²) in [5, 5.41) is 2.26. The lowest BCUT2D eigenvalue weighted by Crippen LogP contribution is -2.54. The summed E-state index contributed by atoms with van der Waals surface area (Å²) in [6, 6.07) is 12.5. The second kappa shape index (κ2) is 10.3. The number of hydrogen-bond donors (Lipinski definition) is 2. The lowest BCUT2D eigenvalue weighted by Gasteiger charge is -2.40. The first-order valence-electron chi connectivity index (χ1n) is 13.8. The molecule has 204 valence electrons. The monoisotopic (exact) mass is 530 g/mol. The van der Waals surface area contributed by atoms with E-state index in [1.54, 1.807) is 12.1 Å².